The van der Waals surface area contributed by atoms with E-state index in [2.05, 4.69) is 22.3 Å². The third kappa shape index (κ3) is 3.01. The van der Waals surface area contributed by atoms with Crippen LogP contribution in [-0.4, -0.2) is 21.1 Å². The molecule has 2 aromatic heterocycles. The lowest BCUT2D eigenvalue weighted by Gasteiger charge is -2.21. The number of anilines is 1. The first-order chi connectivity index (χ1) is 11.2. The summed E-state index contributed by atoms with van der Waals surface area (Å²) in [5.41, 5.74) is 0.797. The molecule has 3 unspecified atom stereocenters. The number of hydrogen-bond donors (Lipinski definition) is 1. The lowest BCUT2D eigenvalue weighted by molar-refractivity contribution is 0.321. The van der Waals surface area contributed by atoms with E-state index in [1.807, 2.05) is 0 Å². The lowest BCUT2D eigenvalue weighted by Crippen LogP contribution is -2.16. The molecule has 0 radical (unpaired) electrons. The average Bonchev–Trinajstić information content (AvgIpc) is 3.22. The Morgan fingerprint density at radius 3 is 3.04 bits per heavy atom. The maximum Gasteiger partial charge on any atom is 0.275 e. The van der Waals surface area contributed by atoms with Gasteiger partial charge in [-0.1, -0.05) is 31.1 Å². The van der Waals surface area contributed by atoms with E-state index in [0.717, 1.165) is 48.0 Å². The van der Waals surface area contributed by atoms with Crippen LogP contribution in [-0.2, 0) is 6.42 Å². The van der Waals surface area contributed by atoms with E-state index in [0.29, 0.717) is 4.96 Å². The summed E-state index contributed by atoms with van der Waals surface area (Å²) in [6.07, 6.45) is 8.85. The number of rotatable bonds is 6. The molecule has 2 aliphatic carbocycles. The van der Waals surface area contributed by atoms with Crippen LogP contribution in [0.1, 0.15) is 51.1 Å². The first-order valence-electron chi connectivity index (χ1n) is 8.86. The van der Waals surface area contributed by atoms with Crippen LogP contribution in [0.4, 0.5) is 5.13 Å². The predicted molar refractivity (Wildman–Crippen MR) is 93.2 cm³/mol. The van der Waals surface area contributed by atoms with Crippen molar-refractivity contribution >= 4 is 21.4 Å². The van der Waals surface area contributed by atoms with Crippen LogP contribution in [0.2, 0.25) is 0 Å². The zero-order valence-corrected chi connectivity index (χ0v) is 14.4. The van der Waals surface area contributed by atoms with E-state index in [9.17, 15) is 4.79 Å². The maximum atomic E-state index is 12.1. The van der Waals surface area contributed by atoms with Gasteiger partial charge in [0.05, 0.1) is 0 Å². The molecule has 1 N–H and O–H groups in total. The van der Waals surface area contributed by atoms with E-state index in [1.165, 1.54) is 48.0 Å². The second-order valence-electron chi connectivity index (χ2n) is 7.09. The molecule has 2 heterocycles. The summed E-state index contributed by atoms with van der Waals surface area (Å²) in [5, 5.41) is 8.59. The quantitative estimate of drug-likeness (QED) is 0.881. The molecule has 0 aliphatic heterocycles. The summed E-state index contributed by atoms with van der Waals surface area (Å²) in [5.74, 6) is 2.87. The largest absolute Gasteiger partial charge is 0.360 e. The van der Waals surface area contributed by atoms with Crippen molar-refractivity contribution in [2.45, 2.75) is 51.9 Å². The van der Waals surface area contributed by atoms with Gasteiger partial charge in [-0.3, -0.25) is 4.79 Å². The van der Waals surface area contributed by atoms with Crippen LogP contribution in [0, 0.1) is 17.8 Å². The first-order valence-corrected chi connectivity index (χ1v) is 9.68. The van der Waals surface area contributed by atoms with Crippen molar-refractivity contribution < 1.29 is 0 Å². The molecule has 0 amide bonds. The lowest BCUT2D eigenvalue weighted by atomic mass is 9.86. The molecular weight excluding hydrogens is 308 g/mol. The average molecular weight is 332 g/mol. The molecule has 5 nitrogen and oxygen atoms in total. The molecule has 3 atom stereocenters. The summed E-state index contributed by atoms with van der Waals surface area (Å²) in [7, 11) is 0. The van der Waals surface area contributed by atoms with Gasteiger partial charge in [-0.15, -0.1) is 5.10 Å². The molecule has 2 fully saturated rings. The molecule has 6 heteroatoms. The van der Waals surface area contributed by atoms with Gasteiger partial charge in [-0.2, -0.15) is 4.52 Å². The van der Waals surface area contributed by atoms with Crippen molar-refractivity contribution in [2.75, 3.05) is 11.9 Å². The Morgan fingerprint density at radius 1 is 1.39 bits per heavy atom. The summed E-state index contributed by atoms with van der Waals surface area (Å²) in [6, 6.07) is 1.61. The fourth-order valence-corrected chi connectivity index (χ4v) is 5.26. The molecule has 23 heavy (non-hydrogen) atoms. The minimum Gasteiger partial charge on any atom is -0.360 e. The van der Waals surface area contributed by atoms with Gasteiger partial charge in [-0.05, 0) is 49.9 Å². The SMILES string of the molecule is CCCc1cc(=O)n2nc(NCCC3CC4CCC3C4)sc2n1. The van der Waals surface area contributed by atoms with Crippen LogP contribution < -0.4 is 10.9 Å². The highest BCUT2D eigenvalue weighted by atomic mass is 32.1. The Labute approximate surface area is 140 Å². The summed E-state index contributed by atoms with van der Waals surface area (Å²) < 4.78 is 1.42. The van der Waals surface area contributed by atoms with Gasteiger partial charge in [0.15, 0.2) is 0 Å². The predicted octanol–water partition coefficient (Wildman–Crippen LogP) is 3.34. The van der Waals surface area contributed by atoms with Crippen molar-refractivity contribution in [3.05, 3.63) is 22.1 Å². The topological polar surface area (TPSA) is 59.3 Å². The molecule has 0 spiro atoms. The molecule has 2 bridgehead atoms. The van der Waals surface area contributed by atoms with Gasteiger partial charge in [-0.25, -0.2) is 4.98 Å². The Kier molecular flexibility index (Phi) is 4.09. The zero-order valence-electron chi connectivity index (χ0n) is 13.6. The van der Waals surface area contributed by atoms with Crippen molar-refractivity contribution in [3.63, 3.8) is 0 Å². The van der Waals surface area contributed by atoms with Gasteiger partial charge < -0.3 is 5.32 Å². The fraction of sp³-hybridized carbons (Fsp3) is 0.706. The molecule has 2 aliphatic rings. The van der Waals surface area contributed by atoms with Gasteiger partial charge in [0, 0.05) is 18.3 Å². The normalized spacial score (nSPS) is 26.2. The monoisotopic (exact) mass is 332 g/mol. The highest BCUT2D eigenvalue weighted by molar-refractivity contribution is 7.20. The third-order valence-electron chi connectivity index (χ3n) is 5.48. The standard InChI is InChI=1S/C17H24N4OS/c1-2-3-14-10-15(22)21-17(19-14)23-16(20-21)18-7-6-13-9-11-4-5-12(13)8-11/h10-13H,2-9H2,1H3,(H,18,20). The first kappa shape index (κ1) is 15.1. The van der Waals surface area contributed by atoms with Gasteiger partial charge in [0.25, 0.3) is 5.56 Å². The Morgan fingerprint density at radius 2 is 2.30 bits per heavy atom. The van der Waals surface area contributed by atoms with Crippen LogP contribution in [0.25, 0.3) is 4.96 Å². The number of aryl methyl sites for hydroxylation is 1. The van der Waals surface area contributed by atoms with E-state index in [4.69, 9.17) is 0 Å². The van der Waals surface area contributed by atoms with E-state index in [-0.39, 0.29) is 5.56 Å². The maximum absolute atomic E-state index is 12.1. The molecular formula is C17H24N4OS. The minimum atomic E-state index is -0.0733. The highest BCUT2D eigenvalue weighted by Gasteiger charge is 2.38. The smallest absolute Gasteiger partial charge is 0.275 e. The Hall–Kier alpha value is -1.43. The number of aromatic nitrogens is 3. The van der Waals surface area contributed by atoms with E-state index < -0.39 is 0 Å². The van der Waals surface area contributed by atoms with Gasteiger partial charge >= 0.3 is 0 Å². The minimum absolute atomic E-state index is 0.0733. The second-order valence-corrected chi connectivity index (χ2v) is 8.04. The Balaban J connectivity index is 1.41. The fourth-order valence-electron chi connectivity index (χ4n) is 4.41. The van der Waals surface area contributed by atoms with Crippen LogP contribution in [0.3, 0.4) is 0 Å². The number of hydrogen-bond acceptors (Lipinski definition) is 5. The zero-order chi connectivity index (χ0) is 15.8. The summed E-state index contributed by atoms with van der Waals surface area (Å²) in [4.78, 5) is 17.3. The molecule has 0 aromatic carbocycles. The molecule has 2 aromatic rings. The Bertz CT molecular complexity index is 753. The number of nitrogens with zero attached hydrogens (tertiary/aromatic N) is 3. The molecule has 0 saturated heterocycles. The second kappa shape index (κ2) is 6.23. The van der Waals surface area contributed by atoms with Crippen molar-refractivity contribution in [3.8, 4) is 0 Å². The van der Waals surface area contributed by atoms with Gasteiger partial charge in [0.1, 0.15) is 0 Å². The van der Waals surface area contributed by atoms with Crippen molar-refractivity contribution in [1.29, 1.82) is 0 Å². The highest BCUT2D eigenvalue weighted by Crippen LogP contribution is 2.49. The molecule has 124 valence electrons. The number of nitrogens with one attached hydrogen (secondary N) is 1. The van der Waals surface area contributed by atoms with Crippen LogP contribution in [0.5, 0.6) is 0 Å². The van der Waals surface area contributed by atoms with Gasteiger partial charge in [0.2, 0.25) is 10.1 Å². The molecule has 2 saturated carbocycles. The number of fused-ring (bicyclic) bond motifs is 3. The summed E-state index contributed by atoms with van der Waals surface area (Å²) in [6.45, 7) is 3.04. The summed E-state index contributed by atoms with van der Waals surface area (Å²) >= 11 is 1.48. The van der Waals surface area contributed by atoms with Crippen molar-refractivity contribution in [1.82, 2.24) is 14.6 Å². The van der Waals surface area contributed by atoms with Crippen molar-refractivity contribution in [2.24, 2.45) is 17.8 Å². The van der Waals surface area contributed by atoms with E-state index >= 15 is 0 Å². The van der Waals surface area contributed by atoms with Crippen LogP contribution >= 0.6 is 11.3 Å². The third-order valence-corrected chi connectivity index (χ3v) is 6.35. The van der Waals surface area contributed by atoms with E-state index in [1.54, 1.807) is 6.07 Å². The van der Waals surface area contributed by atoms with Crippen LogP contribution in [0.15, 0.2) is 10.9 Å². The molecule has 4 rings (SSSR count).